The Bertz CT molecular complexity index is 1360. The minimum Gasteiger partial charge on any atom is -0.351 e. The van der Waals surface area contributed by atoms with Crippen molar-refractivity contribution in [3.63, 3.8) is 0 Å². The number of nitrogens with one attached hydrogen (secondary N) is 2. The average molecular weight is 476 g/mol. The zero-order chi connectivity index (χ0) is 23.3. The van der Waals surface area contributed by atoms with Gasteiger partial charge in [0.15, 0.2) is 5.82 Å². The van der Waals surface area contributed by atoms with Crippen LogP contribution in [0.2, 0.25) is 5.02 Å². The number of aromatic nitrogens is 5. The quantitative estimate of drug-likeness (QED) is 0.472. The first-order valence-electron chi connectivity index (χ1n) is 11.2. The number of nitrogens with zero attached hydrogens (tertiary/aromatic N) is 5. The second kappa shape index (κ2) is 7.95. The Kier molecular flexibility index (Phi) is 4.88. The number of amides is 2. The molecule has 10 heteroatoms. The van der Waals surface area contributed by atoms with Crippen molar-refractivity contribution in [2.45, 2.75) is 12.8 Å². The van der Waals surface area contributed by atoms with Crippen molar-refractivity contribution in [1.82, 2.24) is 35.4 Å². The van der Waals surface area contributed by atoms with Crippen molar-refractivity contribution in [1.29, 1.82) is 0 Å². The fraction of sp³-hybridized carbons (Fsp3) is 0.292. The summed E-state index contributed by atoms with van der Waals surface area (Å²) in [5.74, 6) is 0.610. The van der Waals surface area contributed by atoms with Gasteiger partial charge in [-0.1, -0.05) is 23.7 Å². The van der Waals surface area contributed by atoms with Gasteiger partial charge in [-0.25, -0.2) is 5.10 Å². The Morgan fingerprint density at radius 1 is 0.941 bits per heavy atom. The van der Waals surface area contributed by atoms with Gasteiger partial charge < -0.3 is 14.8 Å². The summed E-state index contributed by atoms with van der Waals surface area (Å²) in [6.45, 7) is 2.84. The maximum atomic E-state index is 13.0. The molecule has 0 unspecified atom stereocenters. The lowest BCUT2D eigenvalue weighted by Crippen LogP contribution is -2.62. The highest BCUT2D eigenvalue weighted by Gasteiger charge is 2.47. The number of halogens is 1. The van der Waals surface area contributed by atoms with E-state index in [9.17, 15) is 9.59 Å². The summed E-state index contributed by atoms with van der Waals surface area (Å²) >= 11 is 6.07. The number of H-pyrrole nitrogens is 2. The summed E-state index contributed by atoms with van der Waals surface area (Å²) in [5, 5.41) is 15.3. The maximum absolute atomic E-state index is 13.0. The van der Waals surface area contributed by atoms with Crippen molar-refractivity contribution in [2.24, 2.45) is 5.41 Å². The molecule has 2 fully saturated rings. The standard InChI is InChI=1S/C24H22ClN7O2/c25-18-5-6-19-17(11-18)12-20(26-19)23(34)31-9-7-24(8-10-31)13-32(14-24)22(33)16-3-1-15(2-4-16)21-27-29-30-28-21/h1-6,11-12,26H,7-10,13-14H2,(H,27,28,29,30). The molecule has 2 aliphatic rings. The van der Waals surface area contributed by atoms with Crippen LogP contribution in [0.3, 0.4) is 0 Å². The molecule has 0 aliphatic carbocycles. The molecule has 2 N–H and O–H groups in total. The molecule has 2 saturated heterocycles. The molecule has 4 heterocycles. The number of piperidine rings is 1. The van der Waals surface area contributed by atoms with Crippen molar-refractivity contribution >= 4 is 34.3 Å². The zero-order valence-electron chi connectivity index (χ0n) is 18.3. The van der Waals surface area contributed by atoms with Crippen LogP contribution in [-0.2, 0) is 0 Å². The van der Waals surface area contributed by atoms with Gasteiger partial charge in [0.05, 0.1) is 0 Å². The van der Waals surface area contributed by atoms with E-state index in [1.807, 2.05) is 46.2 Å². The fourth-order valence-corrected chi connectivity index (χ4v) is 5.21. The first-order valence-corrected chi connectivity index (χ1v) is 11.6. The van der Waals surface area contributed by atoms with Crippen molar-refractivity contribution in [3.8, 4) is 11.4 Å². The first-order chi connectivity index (χ1) is 16.5. The molecule has 2 aromatic carbocycles. The van der Waals surface area contributed by atoms with Crippen LogP contribution in [0.5, 0.6) is 0 Å². The third-order valence-corrected chi connectivity index (χ3v) is 7.25. The van der Waals surface area contributed by atoms with E-state index < -0.39 is 0 Å². The second-order valence-corrected chi connectivity index (χ2v) is 9.63. The Labute approximate surface area is 200 Å². The molecule has 1 spiro atoms. The van der Waals surface area contributed by atoms with Gasteiger partial charge in [-0.15, -0.1) is 5.10 Å². The van der Waals surface area contributed by atoms with Gasteiger partial charge in [-0.2, -0.15) is 0 Å². The maximum Gasteiger partial charge on any atom is 0.270 e. The molecule has 2 aliphatic heterocycles. The number of tetrazole rings is 1. The van der Waals surface area contributed by atoms with Gasteiger partial charge in [-0.05, 0) is 59.7 Å². The molecule has 0 saturated carbocycles. The monoisotopic (exact) mass is 475 g/mol. The summed E-state index contributed by atoms with van der Waals surface area (Å²) < 4.78 is 0. The summed E-state index contributed by atoms with van der Waals surface area (Å²) in [5.41, 5.74) is 3.07. The van der Waals surface area contributed by atoms with Gasteiger partial charge in [0.25, 0.3) is 11.8 Å². The Hall–Kier alpha value is -3.72. The van der Waals surface area contributed by atoms with E-state index in [1.54, 1.807) is 12.1 Å². The largest absolute Gasteiger partial charge is 0.351 e. The van der Waals surface area contributed by atoms with E-state index in [1.165, 1.54) is 0 Å². The minimum atomic E-state index is 0.0106. The van der Waals surface area contributed by atoms with Crippen LogP contribution >= 0.6 is 11.6 Å². The molecule has 2 amide bonds. The predicted octanol–water partition coefficient (Wildman–Crippen LogP) is 3.38. The zero-order valence-corrected chi connectivity index (χ0v) is 19.0. The summed E-state index contributed by atoms with van der Waals surface area (Å²) in [4.78, 5) is 32.9. The molecule has 6 rings (SSSR count). The number of hydrogen-bond acceptors (Lipinski definition) is 5. The van der Waals surface area contributed by atoms with Gasteiger partial charge in [-0.3, -0.25) is 9.59 Å². The van der Waals surface area contributed by atoms with E-state index in [2.05, 4.69) is 25.6 Å². The molecule has 0 bridgehead atoms. The highest BCUT2D eigenvalue weighted by atomic mass is 35.5. The highest BCUT2D eigenvalue weighted by Crippen LogP contribution is 2.41. The van der Waals surface area contributed by atoms with E-state index >= 15 is 0 Å². The Morgan fingerprint density at radius 2 is 1.71 bits per heavy atom. The Morgan fingerprint density at radius 3 is 2.41 bits per heavy atom. The third kappa shape index (κ3) is 3.62. The van der Waals surface area contributed by atoms with Crippen LogP contribution in [-0.4, -0.2) is 73.4 Å². The number of hydrogen-bond donors (Lipinski definition) is 2. The van der Waals surface area contributed by atoms with E-state index in [-0.39, 0.29) is 17.2 Å². The number of carbonyl (C=O) groups is 2. The van der Waals surface area contributed by atoms with Crippen LogP contribution in [0.4, 0.5) is 0 Å². The minimum absolute atomic E-state index is 0.0106. The van der Waals surface area contributed by atoms with E-state index in [0.717, 1.165) is 42.4 Å². The fourth-order valence-electron chi connectivity index (χ4n) is 5.03. The van der Waals surface area contributed by atoms with Crippen molar-refractivity contribution in [3.05, 3.63) is 64.8 Å². The smallest absolute Gasteiger partial charge is 0.270 e. The van der Waals surface area contributed by atoms with Crippen LogP contribution < -0.4 is 0 Å². The normalized spacial score (nSPS) is 17.2. The van der Waals surface area contributed by atoms with Gasteiger partial charge in [0.2, 0.25) is 0 Å². The molecule has 0 atom stereocenters. The van der Waals surface area contributed by atoms with Crippen molar-refractivity contribution in [2.75, 3.05) is 26.2 Å². The highest BCUT2D eigenvalue weighted by molar-refractivity contribution is 6.31. The van der Waals surface area contributed by atoms with Gasteiger partial charge in [0.1, 0.15) is 5.69 Å². The summed E-state index contributed by atoms with van der Waals surface area (Å²) in [7, 11) is 0. The summed E-state index contributed by atoms with van der Waals surface area (Å²) in [6.07, 6.45) is 1.79. The molecule has 4 aromatic rings. The second-order valence-electron chi connectivity index (χ2n) is 9.20. The number of likely N-dealkylation sites (tertiary alicyclic amines) is 2. The molecular formula is C24H22ClN7O2. The number of carbonyl (C=O) groups excluding carboxylic acids is 2. The van der Waals surface area contributed by atoms with Gasteiger partial charge in [0, 0.05) is 58.6 Å². The summed E-state index contributed by atoms with van der Waals surface area (Å²) in [6, 6.07) is 14.7. The average Bonchev–Trinajstić information content (AvgIpc) is 3.52. The van der Waals surface area contributed by atoms with E-state index in [0.29, 0.717) is 35.2 Å². The predicted molar refractivity (Wildman–Crippen MR) is 126 cm³/mol. The Balaban J connectivity index is 1.06. The first kappa shape index (κ1) is 20.9. The number of aromatic amines is 2. The molecule has 34 heavy (non-hydrogen) atoms. The van der Waals surface area contributed by atoms with Crippen LogP contribution in [0.25, 0.3) is 22.3 Å². The molecule has 9 nitrogen and oxygen atoms in total. The molecule has 172 valence electrons. The topological polar surface area (TPSA) is 111 Å². The third-order valence-electron chi connectivity index (χ3n) is 7.01. The van der Waals surface area contributed by atoms with Crippen LogP contribution in [0.15, 0.2) is 48.5 Å². The number of benzene rings is 2. The lowest BCUT2D eigenvalue weighted by Gasteiger charge is -2.54. The van der Waals surface area contributed by atoms with Gasteiger partial charge >= 0.3 is 0 Å². The lowest BCUT2D eigenvalue weighted by molar-refractivity contribution is -0.0288. The lowest BCUT2D eigenvalue weighted by atomic mass is 9.71. The number of rotatable bonds is 3. The SMILES string of the molecule is O=C(c1ccc(-c2nnn[nH]2)cc1)N1CC2(CCN(C(=O)c3cc4cc(Cl)ccc4[nH]3)CC2)C1. The van der Waals surface area contributed by atoms with E-state index in [4.69, 9.17) is 11.6 Å². The molecular weight excluding hydrogens is 454 g/mol. The van der Waals surface area contributed by atoms with Crippen molar-refractivity contribution < 1.29 is 9.59 Å². The van der Waals surface area contributed by atoms with Crippen LogP contribution in [0.1, 0.15) is 33.7 Å². The molecule has 0 radical (unpaired) electrons. The van der Waals surface area contributed by atoms with Crippen LogP contribution in [0, 0.1) is 5.41 Å². The number of fused-ring (bicyclic) bond motifs is 1. The molecule has 2 aromatic heterocycles.